The third-order valence-electron chi connectivity index (χ3n) is 1.65. The number of hydrogen-bond donors (Lipinski definition) is 2. The molecule has 0 saturated heterocycles. The van der Waals surface area contributed by atoms with E-state index in [1.54, 1.807) is 6.20 Å². The molecule has 10 heavy (non-hydrogen) atoms. The van der Waals surface area contributed by atoms with E-state index in [0.29, 0.717) is 0 Å². The Balaban J connectivity index is 2.42. The zero-order valence-electron chi connectivity index (χ0n) is 5.54. The molecule has 52 valence electrons. The van der Waals surface area contributed by atoms with Crippen LogP contribution in [0.1, 0.15) is 5.56 Å². The van der Waals surface area contributed by atoms with Crippen LogP contribution < -0.4 is 11.1 Å². The number of fused-ring (bicyclic) bond motifs is 1. The van der Waals surface area contributed by atoms with Gasteiger partial charge >= 0.3 is 0 Å². The molecule has 3 heteroatoms. The molecular formula is C7H9N3. The summed E-state index contributed by atoms with van der Waals surface area (Å²) in [6.07, 6.45) is 2.72. The van der Waals surface area contributed by atoms with Crippen LogP contribution in [0.15, 0.2) is 18.3 Å². The van der Waals surface area contributed by atoms with E-state index in [2.05, 4.69) is 10.3 Å². The Bertz CT molecular complexity index is 221. The first-order chi connectivity index (χ1) is 4.86. The van der Waals surface area contributed by atoms with E-state index in [9.17, 15) is 0 Å². The minimum Gasteiger partial charge on any atom is -0.354 e. The highest BCUT2D eigenvalue weighted by atomic mass is 15.1. The summed E-state index contributed by atoms with van der Waals surface area (Å²) >= 11 is 0. The van der Waals surface area contributed by atoms with Gasteiger partial charge in [0.25, 0.3) is 0 Å². The van der Waals surface area contributed by atoms with Gasteiger partial charge in [-0.2, -0.15) is 0 Å². The molecule has 1 atom stereocenters. The Kier molecular flexibility index (Phi) is 1.11. The number of hydrogen-bond acceptors (Lipinski definition) is 3. The molecule has 1 aromatic rings. The number of aromatic nitrogens is 1. The van der Waals surface area contributed by atoms with E-state index < -0.39 is 0 Å². The number of pyridine rings is 1. The Morgan fingerprint density at radius 1 is 1.70 bits per heavy atom. The van der Waals surface area contributed by atoms with Crippen molar-refractivity contribution in [2.24, 2.45) is 5.73 Å². The maximum atomic E-state index is 5.63. The summed E-state index contributed by atoms with van der Waals surface area (Å²) in [5.41, 5.74) is 6.85. The van der Waals surface area contributed by atoms with Crippen LogP contribution in [-0.2, 0) is 6.42 Å². The quantitative estimate of drug-likeness (QED) is 0.539. The van der Waals surface area contributed by atoms with Gasteiger partial charge in [-0.3, -0.25) is 0 Å². The van der Waals surface area contributed by atoms with Gasteiger partial charge in [0, 0.05) is 12.6 Å². The first kappa shape index (κ1) is 5.68. The lowest BCUT2D eigenvalue weighted by Gasteiger charge is -1.99. The lowest BCUT2D eigenvalue weighted by molar-refractivity contribution is 0.797. The van der Waals surface area contributed by atoms with Crippen molar-refractivity contribution < 1.29 is 0 Å². The van der Waals surface area contributed by atoms with Crippen molar-refractivity contribution in [3.8, 4) is 0 Å². The maximum Gasteiger partial charge on any atom is 0.130 e. The molecule has 0 aliphatic carbocycles. The molecule has 1 aliphatic heterocycles. The van der Waals surface area contributed by atoms with Gasteiger partial charge in [0.15, 0.2) is 0 Å². The Morgan fingerprint density at radius 3 is 3.40 bits per heavy atom. The monoisotopic (exact) mass is 135 g/mol. The highest BCUT2D eigenvalue weighted by Gasteiger charge is 2.16. The number of nitrogens with one attached hydrogen (secondary N) is 1. The fourth-order valence-corrected chi connectivity index (χ4v) is 1.20. The van der Waals surface area contributed by atoms with Gasteiger partial charge in [0.1, 0.15) is 5.82 Å². The van der Waals surface area contributed by atoms with Gasteiger partial charge in [0.05, 0.1) is 6.17 Å². The Labute approximate surface area is 59.3 Å². The second-order valence-electron chi connectivity index (χ2n) is 2.47. The largest absolute Gasteiger partial charge is 0.354 e. The molecule has 0 aromatic carbocycles. The maximum absolute atomic E-state index is 5.63. The predicted molar refractivity (Wildman–Crippen MR) is 39.5 cm³/mol. The number of nitrogens with zero attached hydrogens (tertiary/aromatic N) is 1. The number of nitrogens with two attached hydrogens (primary N) is 1. The molecule has 3 N–H and O–H groups in total. The normalized spacial score (nSPS) is 21.9. The van der Waals surface area contributed by atoms with Crippen molar-refractivity contribution in [2.45, 2.75) is 12.6 Å². The first-order valence-corrected chi connectivity index (χ1v) is 3.32. The summed E-state index contributed by atoms with van der Waals surface area (Å²) in [5, 5.41) is 3.06. The second kappa shape index (κ2) is 1.95. The number of anilines is 1. The molecule has 0 radical (unpaired) electrons. The molecule has 0 fully saturated rings. The minimum atomic E-state index is 0.0601. The van der Waals surface area contributed by atoms with Crippen LogP contribution in [0.4, 0.5) is 5.82 Å². The zero-order chi connectivity index (χ0) is 6.97. The van der Waals surface area contributed by atoms with E-state index in [1.165, 1.54) is 5.56 Å². The first-order valence-electron chi connectivity index (χ1n) is 3.32. The van der Waals surface area contributed by atoms with E-state index in [4.69, 9.17) is 5.73 Å². The highest BCUT2D eigenvalue weighted by Crippen LogP contribution is 2.19. The van der Waals surface area contributed by atoms with Crippen molar-refractivity contribution in [1.29, 1.82) is 0 Å². The van der Waals surface area contributed by atoms with E-state index in [1.807, 2.05) is 12.1 Å². The summed E-state index contributed by atoms with van der Waals surface area (Å²) in [5.74, 6) is 0.940. The summed E-state index contributed by atoms with van der Waals surface area (Å²) in [6, 6.07) is 3.97. The van der Waals surface area contributed by atoms with Crippen molar-refractivity contribution in [3.63, 3.8) is 0 Å². The summed E-state index contributed by atoms with van der Waals surface area (Å²) < 4.78 is 0. The fourth-order valence-electron chi connectivity index (χ4n) is 1.20. The van der Waals surface area contributed by atoms with Crippen LogP contribution in [0.5, 0.6) is 0 Å². The summed E-state index contributed by atoms with van der Waals surface area (Å²) in [6.45, 7) is 0. The molecule has 0 spiro atoms. The second-order valence-corrected chi connectivity index (χ2v) is 2.47. The topological polar surface area (TPSA) is 50.9 Å². The van der Waals surface area contributed by atoms with Crippen LogP contribution in [-0.4, -0.2) is 11.1 Å². The smallest absolute Gasteiger partial charge is 0.130 e. The molecule has 1 aromatic heterocycles. The van der Waals surface area contributed by atoms with E-state index in [0.717, 1.165) is 12.2 Å². The van der Waals surface area contributed by atoms with Crippen molar-refractivity contribution in [3.05, 3.63) is 23.9 Å². The molecule has 0 saturated carbocycles. The highest BCUT2D eigenvalue weighted by molar-refractivity contribution is 5.49. The Morgan fingerprint density at radius 2 is 2.60 bits per heavy atom. The minimum absolute atomic E-state index is 0.0601. The van der Waals surface area contributed by atoms with Crippen LogP contribution in [0.25, 0.3) is 0 Å². The van der Waals surface area contributed by atoms with Crippen molar-refractivity contribution in [1.82, 2.24) is 4.98 Å². The number of rotatable bonds is 0. The molecule has 0 amide bonds. The lowest BCUT2D eigenvalue weighted by Crippen LogP contribution is -2.26. The molecule has 3 nitrogen and oxygen atoms in total. The molecule has 2 heterocycles. The van der Waals surface area contributed by atoms with Gasteiger partial charge in [-0.05, 0) is 11.6 Å². The van der Waals surface area contributed by atoms with Gasteiger partial charge in [-0.1, -0.05) is 6.07 Å². The van der Waals surface area contributed by atoms with Gasteiger partial charge < -0.3 is 11.1 Å². The fraction of sp³-hybridized carbons (Fsp3) is 0.286. The predicted octanol–water partition coefficient (Wildman–Crippen LogP) is 0.334. The Hall–Kier alpha value is -1.09. The average molecular weight is 135 g/mol. The van der Waals surface area contributed by atoms with Gasteiger partial charge in [0.2, 0.25) is 0 Å². The molecule has 2 rings (SSSR count). The van der Waals surface area contributed by atoms with Crippen LogP contribution in [0.2, 0.25) is 0 Å². The molecular weight excluding hydrogens is 126 g/mol. The van der Waals surface area contributed by atoms with Gasteiger partial charge in [-0.15, -0.1) is 0 Å². The van der Waals surface area contributed by atoms with E-state index >= 15 is 0 Å². The van der Waals surface area contributed by atoms with Crippen LogP contribution in [0, 0.1) is 0 Å². The molecule has 0 bridgehead atoms. The van der Waals surface area contributed by atoms with Crippen LogP contribution in [0.3, 0.4) is 0 Å². The van der Waals surface area contributed by atoms with Gasteiger partial charge in [-0.25, -0.2) is 4.98 Å². The SMILES string of the molecule is NC1Cc2cccnc2N1. The average Bonchev–Trinajstić information content (AvgIpc) is 2.27. The zero-order valence-corrected chi connectivity index (χ0v) is 5.54. The standard InChI is InChI=1S/C7H9N3/c8-6-4-5-2-1-3-9-7(5)10-6/h1-3,6H,4,8H2,(H,9,10). The summed E-state index contributed by atoms with van der Waals surface area (Å²) in [4.78, 5) is 4.12. The molecule has 1 unspecified atom stereocenters. The summed E-state index contributed by atoms with van der Waals surface area (Å²) in [7, 11) is 0. The van der Waals surface area contributed by atoms with Crippen molar-refractivity contribution in [2.75, 3.05) is 5.32 Å². The van der Waals surface area contributed by atoms with Crippen LogP contribution >= 0.6 is 0 Å². The lowest BCUT2D eigenvalue weighted by atomic mass is 10.2. The van der Waals surface area contributed by atoms with E-state index in [-0.39, 0.29) is 6.17 Å². The molecule has 1 aliphatic rings. The third-order valence-corrected chi connectivity index (χ3v) is 1.65. The third kappa shape index (κ3) is 0.752. The van der Waals surface area contributed by atoms with Crippen molar-refractivity contribution >= 4 is 5.82 Å².